The molecule has 0 N–H and O–H groups in total. The van der Waals surface area contributed by atoms with Crippen LogP contribution in [-0.4, -0.2) is 0 Å². The van der Waals surface area contributed by atoms with Gasteiger partial charge >= 0.3 is 0 Å². The summed E-state index contributed by atoms with van der Waals surface area (Å²) in [6.07, 6.45) is 8.00. The molecule has 0 saturated carbocycles. The molecule has 0 aromatic carbocycles. The van der Waals surface area contributed by atoms with Crippen molar-refractivity contribution in [3.8, 4) is 6.07 Å². The maximum atomic E-state index is 8.31. The van der Waals surface area contributed by atoms with Crippen LogP contribution < -0.4 is 0 Å². The third-order valence-electron chi connectivity index (χ3n) is 2.04. The van der Waals surface area contributed by atoms with Crippen molar-refractivity contribution in [1.82, 2.24) is 0 Å². The Morgan fingerprint density at radius 1 is 1.23 bits per heavy atom. The molecule has 0 aliphatic rings. The van der Waals surface area contributed by atoms with E-state index in [9.17, 15) is 0 Å². The zero-order valence-corrected chi connectivity index (χ0v) is 7.83. The van der Waals surface area contributed by atoms with Crippen molar-refractivity contribution in [3.05, 3.63) is 24.2 Å². The van der Waals surface area contributed by atoms with Gasteiger partial charge in [0, 0.05) is 12.8 Å². The molecule has 13 heavy (non-hydrogen) atoms. The molecule has 0 aliphatic heterocycles. The van der Waals surface area contributed by atoms with Crippen molar-refractivity contribution in [3.63, 3.8) is 0 Å². The molecule has 0 atom stereocenters. The lowest BCUT2D eigenvalue weighted by Gasteiger charge is -1.96. The van der Waals surface area contributed by atoms with Gasteiger partial charge < -0.3 is 4.42 Å². The first-order valence-corrected chi connectivity index (χ1v) is 4.83. The summed E-state index contributed by atoms with van der Waals surface area (Å²) < 4.78 is 5.21. The van der Waals surface area contributed by atoms with E-state index in [0.717, 1.165) is 25.0 Å². The van der Waals surface area contributed by atoms with Gasteiger partial charge in [0.15, 0.2) is 0 Å². The summed E-state index contributed by atoms with van der Waals surface area (Å²) in [6, 6.07) is 6.08. The fourth-order valence-corrected chi connectivity index (χ4v) is 1.31. The summed E-state index contributed by atoms with van der Waals surface area (Å²) in [5.74, 6) is 1.07. The van der Waals surface area contributed by atoms with Crippen molar-refractivity contribution in [1.29, 1.82) is 5.26 Å². The number of nitrogens with zero attached hydrogens (tertiary/aromatic N) is 1. The summed E-state index contributed by atoms with van der Waals surface area (Å²) in [6.45, 7) is 0. The van der Waals surface area contributed by atoms with Gasteiger partial charge in [-0.3, -0.25) is 0 Å². The van der Waals surface area contributed by atoms with Crippen molar-refractivity contribution >= 4 is 0 Å². The lowest BCUT2D eigenvalue weighted by Crippen LogP contribution is -1.82. The van der Waals surface area contributed by atoms with Crippen molar-refractivity contribution in [2.75, 3.05) is 0 Å². The van der Waals surface area contributed by atoms with Crippen LogP contribution >= 0.6 is 0 Å². The van der Waals surface area contributed by atoms with Crippen LogP contribution in [0.5, 0.6) is 0 Å². The fourth-order valence-electron chi connectivity index (χ4n) is 1.31. The molecular weight excluding hydrogens is 162 g/mol. The standard InChI is InChI=1S/C11H15NO/c12-9-5-3-1-2-4-7-11-8-6-10-13-11/h6,8,10H,1-5,7H2. The molecule has 0 unspecified atom stereocenters. The molecule has 1 heterocycles. The van der Waals surface area contributed by atoms with Crippen molar-refractivity contribution in [2.24, 2.45) is 0 Å². The summed E-state index contributed by atoms with van der Waals surface area (Å²) >= 11 is 0. The van der Waals surface area contributed by atoms with Crippen LogP contribution in [0.15, 0.2) is 22.8 Å². The fraction of sp³-hybridized carbons (Fsp3) is 0.545. The number of hydrogen-bond acceptors (Lipinski definition) is 2. The van der Waals surface area contributed by atoms with Crippen LogP contribution in [0.25, 0.3) is 0 Å². The second-order valence-corrected chi connectivity index (χ2v) is 3.15. The first-order chi connectivity index (χ1) is 6.43. The molecule has 0 bridgehead atoms. The molecule has 1 aromatic rings. The third-order valence-corrected chi connectivity index (χ3v) is 2.04. The Morgan fingerprint density at radius 3 is 2.77 bits per heavy atom. The monoisotopic (exact) mass is 177 g/mol. The van der Waals surface area contributed by atoms with Gasteiger partial charge in [0.1, 0.15) is 5.76 Å². The summed E-state index contributed by atoms with van der Waals surface area (Å²) in [5, 5.41) is 8.31. The number of furan rings is 1. The van der Waals surface area contributed by atoms with E-state index in [1.807, 2.05) is 12.1 Å². The maximum Gasteiger partial charge on any atom is 0.103 e. The predicted octanol–water partition coefficient (Wildman–Crippen LogP) is 3.30. The number of unbranched alkanes of at least 4 members (excludes halogenated alkanes) is 4. The van der Waals surface area contributed by atoms with E-state index in [2.05, 4.69) is 6.07 Å². The minimum absolute atomic E-state index is 0.695. The third kappa shape index (κ3) is 4.37. The van der Waals surface area contributed by atoms with Gasteiger partial charge in [-0.05, 0) is 25.0 Å². The Hall–Kier alpha value is -1.23. The predicted molar refractivity (Wildman–Crippen MR) is 51.1 cm³/mol. The number of hydrogen-bond donors (Lipinski definition) is 0. The highest BCUT2D eigenvalue weighted by molar-refractivity contribution is 4.97. The lowest BCUT2D eigenvalue weighted by atomic mass is 10.1. The van der Waals surface area contributed by atoms with E-state index in [1.54, 1.807) is 6.26 Å². The number of aryl methyl sites for hydroxylation is 1. The van der Waals surface area contributed by atoms with E-state index < -0.39 is 0 Å². The van der Waals surface area contributed by atoms with Gasteiger partial charge in [-0.2, -0.15) is 5.26 Å². The van der Waals surface area contributed by atoms with E-state index in [-0.39, 0.29) is 0 Å². The average molecular weight is 177 g/mol. The Kier molecular flexibility index (Phi) is 4.78. The smallest absolute Gasteiger partial charge is 0.103 e. The van der Waals surface area contributed by atoms with Crippen LogP contribution in [0, 0.1) is 11.3 Å². The Morgan fingerprint density at radius 2 is 2.08 bits per heavy atom. The number of nitriles is 1. The first-order valence-electron chi connectivity index (χ1n) is 4.83. The van der Waals surface area contributed by atoms with Crippen LogP contribution in [0.3, 0.4) is 0 Å². The average Bonchev–Trinajstić information content (AvgIpc) is 2.63. The second kappa shape index (κ2) is 6.30. The number of rotatable bonds is 6. The van der Waals surface area contributed by atoms with Gasteiger partial charge in [-0.25, -0.2) is 0 Å². The molecule has 1 aromatic heterocycles. The molecule has 0 amide bonds. The summed E-state index contributed by atoms with van der Waals surface area (Å²) in [5.41, 5.74) is 0. The van der Waals surface area contributed by atoms with Crippen molar-refractivity contribution in [2.45, 2.75) is 38.5 Å². The molecule has 0 aliphatic carbocycles. The molecule has 2 heteroatoms. The van der Waals surface area contributed by atoms with Gasteiger partial charge in [0.2, 0.25) is 0 Å². The molecule has 0 saturated heterocycles. The van der Waals surface area contributed by atoms with E-state index in [0.29, 0.717) is 6.42 Å². The molecule has 1 rings (SSSR count). The highest BCUT2D eigenvalue weighted by Crippen LogP contribution is 2.08. The minimum atomic E-state index is 0.695. The van der Waals surface area contributed by atoms with Gasteiger partial charge in [-0.1, -0.05) is 12.8 Å². The van der Waals surface area contributed by atoms with Gasteiger partial charge in [0.25, 0.3) is 0 Å². The quantitative estimate of drug-likeness (QED) is 0.625. The topological polar surface area (TPSA) is 36.9 Å². The zero-order valence-electron chi connectivity index (χ0n) is 7.83. The minimum Gasteiger partial charge on any atom is -0.469 e. The molecule has 0 radical (unpaired) electrons. The largest absolute Gasteiger partial charge is 0.469 e. The molecular formula is C11H15NO. The van der Waals surface area contributed by atoms with Crippen LogP contribution in [0.2, 0.25) is 0 Å². The van der Waals surface area contributed by atoms with Crippen molar-refractivity contribution < 1.29 is 4.42 Å². The molecule has 2 nitrogen and oxygen atoms in total. The zero-order chi connectivity index (χ0) is 9.36. The summed E-state index contributed by atoms with van der Waals surface area (Å²) in [7, 11) is 0. The molecule has 0 spiro atoms. The second-order valence-electron chi connectivity index (χ2n) is 3.15. The Labute approximate surface area is 79.2 Å². The Balaban J connectivity index is 1.94. The van der Waals surface area contributed by atoms with Crippen LogP contribution in [0.1, 0.15) is 37.9 Å². The highest BCUT2D eigenvalue weighted by atomic mass is 16.3. The normalized spacial score (nSPS) is 9.77. The molecule has 70 valence electrons. The lowest BCUT2D eigenvalue weighted by molar-refractivity contribution is 0.493. The SMILES string of the molecule is N#CCCCCCCc1ccco1. The molecule has 0 fully saturated rings. The van der Waals surface area contributed by atoms with Crippen LogP contribution in [0.4, 0.5) is 0 Å². The summed E-state index contributed by atoms with van der Waals surface area (Å²) in [4.78, 5) is 0. The van der Waals surface area contributed by atoms with Gasteiger partial charge in [0.05, 0.1) is 12.3 Å². The Bertz CT molecular complexity index is 246. The van der Waals surface area contributed by atoms with Crippen LogP contribution in [-0.2, 0) is 6.42 Å². The van der Waals surface area contributed by atoms with Gasteiger partial charge in [-0.15, -0.1) is 0 Å². The maximum absolute atomic E-state index is 8.31. The van der Waals surface area contributed by atoms with E-state index in [1.165, 1.54) is 12.8 Å². The van der Waals surface area contributed by atoms with E-state index >= 15 is 0 Å². The first kappa shape index (κ1) is 9.85. The highest BCUT2D eigenvalue weighted by Gasteiger charge is 1.95. The van der Waals surface area contributed by atoms with E-state index in [4.69, 9.17) is 9.68 Å².